The first-order valence-corrected chi connectivity index (χ1v) is 7.12. The minimum atomic E-state index is -0.0822. The molecule has 2 unspecified atom stereocenters. The number of rotatable bonds is 5. The van der Waals surface area contributed by atoms with Crippen molar-refractivity contribution >= 4 is 6.03 Å². The topological polar surface area (TPSA) is 41.1 Å². The molecule has 2 N–H and O–H groups in total. The maximum atomic E-state index is 11.9. The van der Waals surface area contributed by atoms with Gasteiger partial charge in [-0.15, -0.1) is 0 Å². The van der Waals surface area contributed by atoms with Gasteiger partial charge in [0, 0.05) is 6.04 Å². The number of hydrogen-bond donors (Lipinski definition) is 2. The molecule has 0 spiro atoms. The molecule has 0 bridgehead atoms. The Morgan fingerprint density at radius 2 is 1.84 bits per heavy atom. The average molecular weight is 262 g/mol. The van der Waals surface area contributed by atoms with Crippen LogP contribution in [0.25, 0.3) is 0 Å². The fourth-order valence-corrected chi connectivity index (χ4v) is 2.14. The predicted octanol–water partition coefficient (Wildman–Crippen LogP) is 3.85. The smallest absolute Gasteiger partial charge is 0.315 e. The second-order valence-corrected chi connectivity index (χ2v) is 5.25. The van der Waals surface area contributed by atoms with E-state index in [1.807, 2.05) is 6.92 Å². The van der Waals surface area contributed by atoms with Gasteiger partial charge in [-0.2, -0.15) is 0 Å². The van der Waals surface area contributed by atoms with Gasteiger partial charge >= 0.3 is 6.03 Å². The Balaban J connectivity index is 2.75. The Kier molecular flexibility index (Phi) is 5.87. The van der Waals surface area contributed by atoms with Crippen LogP contribution in [-0.2, 0) is 0 Å². The van der Waals surface area contributed by atoms with Crippen molar-refractivity contribution in [3.05, 3.63) is 34.9 Å². The summed E-state index contributed by atoms with van der Waals surface area (Å²) in [6.07, 6.45) is 1.82. The minimum Gasteiger partial charge on any atom is -0.336 e. The van der Waals surface area contributed by atoms with E-state index in [9.17, 15) is 4.79 Å². The molecule has 2 amide bonds. The largest absolute Gasteiger partial charge is 0.336 e. The van der Waals surface area contributed by atoms with Gasteiger partial charge in [0.15, 0.2) is 0 Å². The Morgan fingerprint density at radius 3 is 2.37 bits per heavy atom. The number of nitrogens with one attached hydrogen (secondary N) is 2. The lowest BCUT2D eigenvalue weighted by molar-refractivity contribution is 0.233. The van der Waals surface area contributed by atoms with Crippen molar-refractivity contribution in [1.82, 2.24) is 10.6 Å². The molecule has 0 radical (unpaired) electrons. The predicted molar refractivity (Wildman–Crippen MR) is 80.4 cm³/mol. The summed E-state index contributed by atoms with van der Waals surface area (Å²) in [7, 11) is 0. The normalized spacial score (nSPS) is 13.7. The first-order chi connectivity index (χ1) is 8.97. The highest BCUT2D eigenvalue weighted by atomic mass is 16.2. The number of hydrogen-bond acceptors (Lipinski definition) is 1. The van der Waals surface area contributed by atoms with Crippen LogP contribution < -0.4 is 10.6 Å². The Labute approximate surface area is 116 Å². The number of benzene rings is 1. The third-order valence-corrected chi connectivity index (χ3v) is 3.50. The van der Waals surface area contributed by atoms with Crippen LogP contribution in [0, 0.1) is 13.8 Å². The highest BCUT2D eigenvalue weighted by Gasteiger charge is 2.15. The van der Waals surface area contributed by atoms with Crippen molar-refractivity contribution in [1.29, 1.82) is 0 Å². The van der Waals surface area contributed by atoms with Crippen molar-refractivity contribution in [3.63, 3.8) is 0 Å². The van der Waals surface area contributed by atoms with E-state index >= 15 is 0 Å². The van der Waals surface area contributed by atoms with Gasteiger partial charge < -0.3 is 10.6 Å². The van der Waals surface area contributed by atoms with Crippen molar-refractivity contribution in [2.75, 3.05) is 0 Å². The molecule has 0 aromatic heterocycles. The second kappa shape index (κ2) is 7.17. The average Bonchev–Trinajstić information content (AvgIpc) is 2.36. The number of carbonyl (C=O) groups excluding carboxylic acids is 1. The molecule has 0 saturated carbocycles. The van der Waals surface area contributed by atoms with E-state index in [0.717, 1.165) is 12.8 Å². The summed E-state index contributed by atoms with van der Waals surface area (Å²) in [6, 6.07) is 6.57. The van der Waals surface area contributed by atoms with Crippen LogP contribution in [0.15, 0.2) is 18.2 Å². The van der Waals surface area contributed by atoms with Crippen LogP contribution in [-0.4, -0.2) is 12.1 Å². The zero-order chi connectivity index (χ0) is 14.4. The molecule has 0 heterocycles. The van der Waals surface area contributed by atoms with E-state index in [1.54, 1.807) is 0 Å². The van der Waals surface area contributed by atoms with Gasteiger partial charge in [0.25, 0.3) is 0 Å². The summed E-state index contributed by atoms with van der Waals surface area (Å²) < 4.78 is 0. The monoisotopic (exact) mass is 262 g/mol. The summed E-state index contributed by atoms with van der Waals surface area (Å²) in [5.41, 5.74) is 3.68. The third-order valence-electron chi connectivity index (χ3n) is 3.50. The van der Waals surface area contributed by atoms with Gasteiger partial charge in [-0.1, -0.05) is 37.6 Å². The Morgan fingerprint density at radius 1 is 1.16 bits per heavy atom. The van der Waals surface area contributed by atoms with Gasteiger partial charge in [-0.3, -0.25) is 0 Å². The highest BCUT2D eigenvalue weighted by molar-refractivity contribution is 5.74. The zero-order valence-corrected chi connectivity index (χ0v) is 12.7. The van der Waals surface area contributed by atoms with E-state index in [1.165, 1.54) is 16.7 Å². The molecule has 0 aliphatic carbocycles. The first-order valence-electron chi connectivity index (χ1n) is 7.12. The van der Waals surface area contributed by atoms with Crippen LogP contribution in [0.2, 0.25) is 0 Å². The summed E-state index contributed by atoms with van der Waals surface area (Å²) in [5.74, 6) is 0. The third kappa shape index (κ3) is 4.58. The first kappa shape index (κ1) is 15.5. The number of aryl methyl sites for hydroxylation is 2. The highest BCUT2D eigenvalue weighted by Crippen LogP contribution is 2.21. The van der Waals surface area contributed by atoms with Crippen molar-refractivity contribution in [2.45, 2.75) is 59.5 Å². The lowest BCUT2D eigenvalue weighted by Gasteiger charge is -2.21. The quantitative estimate of drug-likeness (QED) is 0.831. The molecule has 0 fully saturated rings. The van der Waals surface area contributed by atoms with Crippen molar-refractivity contribution < 1.29 is 4.79 Å². The number of carbonyl (C=O) groups is 1. The molecule has 0 aliphatic heterocycles. The molecule has 19 heavy (non-hydrogen) atoms. The summed E-state index contributed by atoms with van der Waals surface area (Å²) in [5, 5.41) is 6.00. The molecular weight excluding hydrogens is 236 g/mol. The van der Waals surface area contributed by atoms with E-state index in [4.69, 9.17) is 0 Å². The van der Waals surface area contributed by atoms with Crippen molar-refractivity contribution in [3.8, 4) is 0 Å². The second-order valence-electron chi connectivity index (χ2n) is 5.25. The molecule has 2 atom stereocenters. The Hall–Kier alpha value is -1.51. The summed E-state index contributed by atoms with van der Waals surface area (Å²) in [4.78, 5) is 11.9. The van der Waals surface area contributed by atoms with Gasteiger partial charge in [0.1, 0.15) is 0 Å². The van der Waals surface area contributed by atoms with Gasteiger partial charge in [-0.25, -0.2) is 4.79 Å². The zero-order valence-electron chi connectivity index (χ0n) is 12.7. The van der Waals surface area contributed by atoms with E-state index in [-0.39, 0.29) is 18.1 Å². The maximum Gasteiger partial charge on any atom is 0.315 e. The lowest BCUT2D eigenvalue weighted by Crippen LogP contribution is -2.42. The van der Waals surface area contributed by atoms with Crippen LogP contribution in [0.3, 0.4) is 0 Å². The molecule has 0 saturated heterocycles. The molecule has 1 rings (SSSR count). The molecule has 3 heteroatoms. The molecule has 106 valence electrons. The number of amides is 2. The summed E-state index contributed by atoms with van der Waals surface area (Å²) >= 11 is 0. The van der Waals surface area contributed by atoms with Crippen LogP contribution in [0.4, 0.5) is 4.79 Å². The SMILES string of the molecule is CCC(C)NC(=O)NC(CC)c1ccc(C)cc1C. The molecule has 1 aromatic rings. The molecule has 1 aromatic carbocycles. The molecule has 0 aliphatic rings. The lowest BCUT2D eigenvalue weighted by atomic mass is 9.97. The van der Waals surface area contributed by atoms with Crippen LogP contribution in [0.1, 0.15) is 56.3 Å². The maximum absolute atomic E-state index is 11.9. The standard InChI is InChI=1S/C16H26N2O/c1-6-13(5)17-16(19)18-15(7-2)14-9-8-11(3)10-12(14)4/h8-10,13,15H,6-7H2,1-5H3,(H2,17,18,19). The van der Waals surface area contributed by atoms with E-state index in [0.29, 0.717) is 0 Å². The minimum absolute atomic E-state index is 0.0738. The van der Waals surface area contributed by atoms with E-state index < -0.39 is 0 Å². The number of urea groups is 1. The van der Waals surface area contributed by atoms with E-state index in [2.05, 4.69) is 56.5 Å². The van der Waals surface area contributed by atoms with Gasteiger partial charge in [0.05, 0.1) is 6.04 Å². The van der Waals surface area contributed by atoms with Crippen LogP contribution >= 0.6 is 0 Å². The fraction of sp³-hybridized carbons (Fsp3) is 0.562. The molecule has 3 nitrogen and oxygen atoms in total. The summed E-state index contributed by atoms with van der Waals surface area (Å²) in [6.45, 7) is 10.3. The fourth-order valence-electron chi connectivity index (χ4n) is 2.14. The van der Waals surface area contributed by atoms with Crippen LogP contribution in [0.5, 0.6) is 0 Å². The van der Waals surface area contributed by atoms with Gasteiger partial charge in [-0.05, 0) is 44.7 Å². The van der Waals surface area contributed by atoms with Crippen molar-refractivity contribution in [2.24, 2.45) is 0 Å². The molecular formula is C16H26N2O. The van der Waals surface area contributed by atoms with Gasteiger partial charge in [0.2, 0.25) is 0 Å². The Bertz CT molecular complexity index is 429.